The molecule has 18 heavy (non-hydrogen) atoms. The molecular weight excluding hydrogens is 222 g/mol. The maximum absolute atomic E-state index is 5.31. The van der Waals surface area contributed by atoms with Crippen LogP contribution in [-0.2, 0) is 0 Å². The van der Waals surface area contributed by atoms with Crippen molar-refractivity contribution < 1.29 is 4.74 Å². The molecule has 4 rings (SSSR count). The van der Waals surface area contributed by atoms with E-state index in [1.165, 1.54) is 18.4 Å². The van der Waals surface area contributed by atoms with Crippen LogP contribution in [0.25, 0.3) is 0 Å². The van der Waals surface area contributed by atoms with Gasteiger partial charge in [0.05, 0.1) is 7.11 Å². The SMILES string of the molecule is COc1ccccc1N=CC1=CC[C@@H]2C[C@@H]1C2C. The third-order valence-electron chi connectivity index (χ3n) is 4.46. The Labute approximate surface area is 108 Å². The Balaban J connectivity index is 1.80. The largest absolute Gasteiger partial charge is 0.494 e. The van der Waals surface area contributed by atoms with Crippen molar-refractivity contribution in [2.75, 3.05) is 7.11 Å². The zero-order valence-electron chi connectivity index (χ0n) is 11.0. The molecule has 3 aliphatic carbocycles. The van der Waals surface area contributed by atoms with Gasteiger partial charge in [0.15, 0.2) is 0 Å². The third kappa shape index (κ3) is 1.86. The van der Waals surface area contributed by atoms with Crippen LogP contribution in [0.5, 0.6) is 5.75 Å². The third-order valence-corrected chi connectivity index (χ3v) is 4.46. The molecule has 0 N–H and O–H groups in total. The Hall–Kier alpha value is -1.57. The summed E-state index contributed by atoms with van der Waals surface area (Å²) in [7, 11) is 1.69. The molecule has 1 saturated carbocycles. The number of benzene rings is 1. The van der Waals surface area contributed by atoms with Gasteiger partial charge in [0, 0.05) is 6.21 Å². The Morgan fingerprint density at radius 2 is 2.17 bits per heavy atom. The number of hydrogen-bond acceptors (Lipinski definition) is 2. The van der Waals surface area contributed by atoms with E-state index in [4.69, 9.17) is 4.74 Å². The van der Waals surface area contributed by atoms with Gasteiger partial charge in [0.1, 0.15) is 11.4 Å². The van der Waals surface area contributed by atoms with E-state index in [1.807, 2.05) is 30.5 Å². The normalized spacial score (nSPS) is 29.9. The van der Waals surface area contributed by atoms with E-state index in [0.29, 0.717) is 0 Å². The molecule has 0 aromatic heterocycles. The Morgan fingerprint density at radius 1 is 1.33 bits per heavy atom. The first-order chi connectivity index (χ1) is 8.79. The number of fused-ring (bicyclic) bond motifs is 1. The van der Waals surface area contributed by atoms with Crippen LogP contribution in [-0.4, -0.2) is 13.3 Å². The van der Waals surface area contributed by atoms with Crippen LogP contribution in [0.4, 0.5) is 5.69 Å². The van der Waals surface area contributed by atoms with Gasteiger partial charge in [-0.05, 0) is 48.3 Å². The monoisotopic (exact) mass is 241 g/mol. The van der Waals surface area contributed by atoms with Gasteiger partial charge in [-0.1, -0.05) is 25.1 Å². The predicted molar refractivity (Wildman–Crippen MR) is 74.6 cm³/mol. The van der Waals surface area contributed by atoms with Crippen molar-refractivity contribution in [1.29, 1.82) is 0 Å². The van der Waals surface area contributed by atoms with Gasteiger partial charge in [0.2, 0.25) is 0 Å². The number of methoxy groups -OCH3 is 1. The van der Waals surface area contributed by atoms with Gasteiger partial charge in [-0.25, -0.2) is 0 Å². The standard InChI is InChI=1S/C16H19NO/c1-11-12-7-8-13(14(11)9-12)10-17-15-5-3-4-6-16(15)18-2/h3-6,8,10-12,14H,7,9H2,1-2H3/t11?,12-,14-/m1/s1. The lowest BCUT2D eigenvalue weighted by Crippen LogP contribution is -2.39. The van der Waals surface area contributed by atoms with Crippen molar-refractivity contribution in [3.63, 3.8) is 0 Å². The van der Waals surface area contributed by atoms with Gasteiger partial charge >= 0.3 is 0 Å². The van der Waals surface area contributed by atoms with Crippen LogP contribution >= 0.6 is 0 Å². The maximum Gasteiger partial charge on any atom is 0.144 e. The van der Waals surface area contributed by atoms with Crippen LogP contribution in [0, 0.1) is 17.8 Å². The molecule has 3 atom stereocenters. The van der Waals surface area contributed by atoms with Gasteiger partial charge in [-0.15, -0.1) is 0 Å². The average Bonchev–Trinajstić information content (AvgIpc) is 2.44. The molecule has 2 bridgehead atoms. The van der Waals surface area contributed by atoms with Gasteiger partial charge in [-0.2, -0.15) is 0 Å². The first-order valence-corrected chi connectivity index (χ1v) is 6.66. The molecule has 2 nitrogen and oxygen atoms in total. The minimum Gasteiger partial charge on any atom is -0.494 e. The maximum atomic E-state index is 5.31. The van der Waals surface area contributed by atoms with E-state index >= 15 is 0 Å². The number of para-hydroxylation sites is 2. The Bertz CT molecular complexity index is 504. The van der Waals surface area contributed by atoms with Crippen LogP contribution in [0.1, 0.15) is 19.8 Å². The second-order valence-corrected chi connectivity index (χ2v) is 5.33. The molecule has 1 unspecified atom stereocenters. The van der Waals surface area contributed by atoms with E-state index in [0.717, 1.165) is 29.2 Å². The lowest BCUT2D eigenvalue weighted by Gasteiger charge is -2.47. The molecular formula is C16H19NO. The Kier molecular flexibility index (Phi) is 2.94. The summed E-state index contributed by atoms with van der Waals surface area (Å²) < 4.78 is 5.31. The van der Waals surface area contributed by atoms with Gasteiger partial charge in [0.25, 0.3) is 0 Å². The first kappa shape index (κ1) is 11.5. The molecule has 0 aliphatic heterocycles. The van der Waals surface area contributed by atoms with Crippen molar-refractivity contribution in [3.8, 4) is 5.75 Å². The summed E-state index contributed by atoms with van der Waals surface area (Å²) in [6.45, 7) is 2.36. The van der Waals surface area contributed by atoms with Crippen molar-refractivity contribution in [1.82, 2.24) is 0 Å². The van der Waals surface area contributed by atoms with Crippen LogP contribution < -0.4 is 4.74 Å². The molecule has 1 fully saturated rings. The molecule has 2 heteroatoms. The number of nitrogens with zero attached hydrogens (tertiary/aromatic N) is 1. The number of hydrogen-bond donors (Lipinski definition) is 0. The van der Waals surface area contributed by atoms with E-state index in [9.17, 15) is 0 Å². The molecule has 1 aromatic carbocycles. The minimum atomic E-state index is 0.738. The van der Waals surface area contributed by atoms with E-state index in [1.54, 1.807) is 7.11 Å². The molecule has 0 heterocycles. The molecule has 94 valence electrons. The number of ether oxygens (including phenoxy) is 1. The fraction of sp³-hybridized carbons (Fsp3) is 0.438. The number of rotatable bonds is 3. The summed E-state index contributed by atoms with van der Waals surface area (Å²) in [6.07, 6.45) is 6.97. The smallest absolute Gasteiger partial charge is 0.144 e. The molecule has 0 amide bonds. The molecule has 3 aliphatic rings. The highest BCUT2D eigenvalue weighted by molar-refractivity contribution is 5.83. The highest BCUT2D eigenvalue weighted by Gasteiger charge is 2.41. The molecule has 0 saturated heterocycles. The van der Waals surface area contributed by atoms with Crippen LogP contribution in [0.3, 0.4) is 0 Å². The van der Waals surface area contributed by atoms with Crippen LogP contribution in [0.2, 0.25) is 0 Å². The average molecular weight is 241 g/mol. The molecule has 1 aromatic rings. The van der Waals surface area contributed by atoms with Gasteiger partial charge in [-0.3, -0.25) is 4.99 Å². The van der Waals surface area contributed by atoms with Crippen molar-refractivity contribution >= 4 is 11.9 Å². The van der Waals surface area contributed by atoms with E-state index in [-0.39, 0.29) is 0 Å². The zero-order valence-corrected chi connectivity index (χ0v) is 11.0. The fourth-order valence-corrected chi connectivity index (χ4v) is 3.11. The summed E-state index contributed by atoms with van der Waals surface area (Å²) >= 11 is 0. The molecule has 0 spiro atoms. The summed E-state index contributed by atoms with van der Waals surface area (Å²) in [5.74, 6) is 3.35. The first-order valence-electron chi connectivity index (χ1n) is 6.66. The topological polar surface area (TPSA) is 21.6 Å². The van der Waals surface area contributed by atoms with Crippen molar-refractivity contribution in [2.45, 2.75) is 19.8 Å². The van der Waals surface area contributed by atoms with Crippen molar-refractivity contribution in [2.24, 2.45) is 22.7 Å². The van der Waals surface area contributed by atoms with E-state index < -0.39 is 0 Å². The second kappa shape index (κ2) is 4.60. The minimum absolute atomic E-state index is 0.738. The molecule has 0 radical (unpaired) electrons. The summed E-state index contributed by atoms with van der Waals surface area (Å²) in [4.78, 5) is 4.59. The second-order valence-electron chi connectivity index (χ2n) is 5.33. The lowest BCUT2D eigenvalue weighted by atomic mass is 9.58. The van der Waals surface area contributed by atoms with Crippen molar-refractivity contribution in [3.05, 3.63) is 35.9 Å². The quantitative estimate of drug-likeness (QED) is 0.733. The lowest BCUT2D eigenvalue weighted by molar-refractivity contribution is 0.110. The van der Waals surface area contributed by atoms with Crippen LogP contribution in [0.15, 0.2) is 40.9 Å². The zero-order chi connectivity index (χ0) is 12.5. The predicted octanol–water partition coefficient (Wildman–Crippen LogP) is 4.00. The number of allylic oxidation sites excluding steroid dienone is 2. The summed E-state index contributed by atoms with van der Waals surface area (Å²) in [5.41, 5.74) is 2.32. The van der Waals surface area contributed by atoms with Gasteiger partial charge < -0.3 is 4.74 Å². The number of aliphatic imine (C=N–C) groups is 1. The highest BCUT2D eigenvalue weighted by Crippen LogP contribution is 2.49. The highest BCUT2D eigenvalue weighted by atomic mass is 16.5. The van der Waals surface area contributed by atoms with E-state index in [2.05, 4.69) is 18.0 Å². The Morgan fingerprint density at radius 3 is 2.89 bits per heavy atom. The summed E-state index contributed by atoms with van der Waals surface area (Å²) in [6, 6.07) is 7.90. The summed E-state index contributed by atoms with van der Waals surface area (Å²) in [5, 5.41) is 0. The fourth-order valence-electron chi connectivity index (χ4n) is 3.11.